The van der Waals surface area contributed by atoms with Gasteiger partial charge in [0.25, 0.3) is 0 Å². The molecule has 1 heterocycles. The van der Waals surface area contributed by atoms with E-state index in [2.05, 4.69) is 15.5 Å². The Hall–Kier alpha value is -1.43. The average molecular weight is 213 g/mol. The molecule has 15 heavy (non-hydrogen) atoms. The molecule has 0 saturated heterocycles. The van der Waals surface area contributed by atoms with E-state index in [-0.39, 0.29) is 5.92 Å². The Labute approximate surface area is 87.7 Å². The van der Waals surface area contributed by atoms with E-state index in [1.54, 1.807) is 0 Å². The minimum atomic E-state index is -0.837. The molecule has 1 atom stereocenters. The molecule has 2 N–H and O–H groups in total. The molecule has 84 valence electrons. The quantitative estimate of drug-likeness (QED) is 0.707. The molecule has 1 aromatic rings. The van der Waals surface area contributed by atoms with Gasteiger partial charge in [-0.2, -0.15) is 4.98 Å². The summed E-state index contributed by atoms with van der Waals surface area (Å²) in [5, 5.41) is 15.3. The van der Waals surface area contributed by atoms with Gasteiger partial charge >= 0.3 is 5.97 Å². The van der Waals surface area contributed by atoms with E-state index in [4.69, 9.17) is 9.63 Å². The highest BCUT2D eigenvalue weighted by Crippen LogP contribution is 2.01. The maximum absolute atomic E-state index is 10.8. The Morgan fingerprint density at radius 2 is 2.40 bits per heavy atom. The van der Waals surface area contributed by atoms with Crippen LogP contribution in [0.2, 0.25) is 0 Å². The second kappa shape index (κ2) is 5.45. The molecule has 0 aliphatic carbocycles. The number of nitrogens with one attached hydrogen (secondary N) is 1. The first-order valence-corrected chi connectivity index (χ1v) is 4.83. The Morgan fingerprint density at radius 3 is 2.87 bits per heavy atom. The molecule has 1 unspecified atom stereocenters. The maximum Gasteiger partial charge on any atom is 0.320 e. The van der Waals surface area contributed by atoms with E-state index in [9.17, 15) is 4.79 Å². The number of hydrogen-bond donors (Lipinski definition) is 2. The summed E-state index contributed by atoms with van der Waals surface area (Å²) >= 11 is 0. The van der Waals surface area contributed by atoms with E-state index < -0.39 is 12.0 Å². The monoisotopic (exact) mass is 213 g/mol. The second-order valence-electron chi connectivity index (χ2n) is 3.60. The highest BCUT2D eigenvalue weighted by Gasteiger charge is 2.20. The lowest BCUT2D eigenvalue weighted by atomic mass is 10.0. The Morgan fingerprint density at radius 1 is 1.67 bits per heavy atom. The van der Waals surface area contributed by atoms with Crippen LogP contribution < -0.4 is 5.32 Å². The fourth-order valence-corrected chi connectivity index (χ4v) is 1.25. The van der Waals surface area contributed by atoms with Crippen molar-refractivity contribution in [3.63, 3.8) is 0 Å². The van der Waals surface area contributed by atoms with E-state index in [1.807, 2.05) is 13.8 Å². The summed E-state index contributed by atoms with van der Waals surface area (Å²) in [4.78, 5) is 14.7. The zero-order valence-electron chi connectivity index (χ0n) is 8.80. The Kier molecular flexibility index (Phi) is 4.23. The Bertz CT molecular complexity index is 298. The standard InChI is InChI=1S/C9H15N3O3/c1-6(2)8(9(13)14)10-4-3-7-11-5-12-15-7/h5-6,8,10H,3-4H2,1-2H3,(H,13,14). The molecule has 1 aromatic heterocycles. The van der Waals surface area contributed by atoms with Gasteiger partial charge in [0.2, 0.25) is 5.89 Å². The Balaban J connectivity index is 2.31. The van der Waals surface area contributed by atoms with Gasteiger partial charge in [0.05, 0.1) is 0 Å². The van der Waals surface area contributed by atoms with Crippen LogP contribution in [0.25, 0.3) is 0 Å². The zero-order chi connectivity index (χ0) is 11.3. The van der Waals surface area contributed by atoms with Gasteiger partial charge < -0.3 is 14.9 Å². The number of hydrogen-bond acceptors (Lipinski definition) is 5. The number of carbonyl (C=O) groups is 1. The summed E-state index contributed by atoms with van der Waals surface area (Å²) in [7, 11) is 0. The van der Waals surface area contributed by atoms with Crippen molar-refractivity contribution in [1.82, 2.24) is 15.5 Å². The van der Waals surface area contributed by atoms with Gasteiger partial charge in [0, 0.05) is 13.0 Å². The highest BCUT2D eigenvalue weighted by atomic mass is 16.5. The summed E-state index contributed by atoms with van der Waals surface area (Å²) in [6, 6.07) is -0.534. The topological polar surface area (TPSA) is 88.3 Å². The van der Waals surface area contributed by atoms with Crippen LogP contribution in [0.5, 0.6) is 0 Å². The molecule has 6 nitrogen and oxygen atoms in total. The fraction of sp³-hybridized carbons (Fsp3) is 0.667. The van der Waals surface area contributed by atoms with E-state index >= 15 is 0 Å². The lowest BCUT2D eigenvalue weighted by molar-refractivity contribution is -0.140. The molecule has 0 saturated carbocycles. The van der Waals surface area contributed by atoms with Crippen LogP contribution in [-0.2, 0) is 11.2 Å². The summed E-state index contributed by atoms with van der Waals surface area (Å²) in [5.74, 6) is -0.281. The molecule has 0 bridgehead atoms. The summed E-state index contributed by atoms with van der Waals surface area (Å²) in [6.07, 6.45) is 1.86. The van der Waals surface area contributed by atoms with Crippen molar-refractivity contribution < 1.29 is 14.4 Å². The van der Waals surface area contributed by atoms with Gasteiger partial charge in [-0.05, 0) is 5.92 Å². The van der Waals surface area contributed by atoms with Crippen molar-refractivity contribution in [3.8, 4) is 0 Å². The second-order valence-corrected chi connectivity index (χ2v) is 3.60. The number of aliphatic carboxylic acids is 1. The van der Waals surface area contributed by atoms with Gasteiger partial charge in [0.15, 0.2) is 6.33 Å². The van der Waals surface area contributed by atoms with E-state index in [1.165, 1.54) is 6.33 Å². The van der Waals surface area contributed by atoms with Crippen molar-refractivity contribution in [2.75, 3.05) is 6.54 Å². The summed E-state index contributed by atoms with van der Waals surface area (Å²) in [6.45, 7) is 4.23. The maximum atomic E-state index is 10.8. The van der Waals surface area contributed by atoms with Crippen LogP contribution in [0.4, 0.5) is 0 Å². The molecule has 0 aromatic carbocycles. The van der Waals surface area contributed by atoms with Crippen LogP contribution in [-0.4, -0.2) is 33.8 Å². The number of carboxylic acids is 1. The molecular weight excluding hydrogens is 198 g/mol. The first-order valence-electron chi connectivity index (χ1n) is 4.83. The van der Waals surface area contributed by atoms with Gasteiger partial charge in [-0.25, -0.2) is 0 Å². The van der Waals surface area contributed by atoms with Crippen molar-refractivity contribution in [2.24, 2.45) is 5.92 Å². The number of nitrogens with zero attached hydrogens (tertiary/aromatic N) is 2. The van der Waals surface area contributed by atoms with Crippen LogP contribution in [0.1, 0.15) is 19.7 Å². The largest absolute Gasteiger partial charge is 0.480 e. The predicted molar refractivity (Wildman–Crippen MR) is 52.3 cm³/mol. The summed E-state index contributed by atoms with van der Waals surface area (Å²) < 4.78 is 4.79. The number of rotatable bonds is 6. The van der Waals surface area contributed by atoms with Crippen LogP contribution in [0.3, 0.4) is 0 Å². The molecule has 1 rings (SSSR count). The molecule has 0 fully saturated rings. The lowest BCUT2D eigenvalue weighted by Crippen LogP contribution is -2.41. The highest BCUT2D eigenvalue weighted by molar-refractivity contribution is 5.73. The molecule has 0 radical (unpaired) electrons. The molecule has 0 spiro atoms. The van der Waals surface area contributed by atoms with Crippen molar-refractivity contribution >= 4 is 5.97 Å². The first kappa shape index (κ1) is 11.6. The van der Waals surface area contributed by atoms with Gasteiger partial charge in [0.1, 0.15) is 6.04 Å². The van der Waals surface area contributed by atoms with Gasteiger partial charge in [-0.15, -0.1) is 0 Å². The van der Waals surface area contributed by atoms with Crippen molar-refractivity contribution in [3.05, 3.63) is 12.2 Å². The zero-order valence-corrected chi connectivity index (χ0v) is 8.80. The molecule has 0 aliphatic rings. The predicted octanol–water partition coefficient (Wildman–Crippen LogP) is 0.311. The third-order valence-electron chi connectivity index (χ3n) is 2.04. The molecular formula is C9H15N3O3. The van der Waals surface area contributed by atoms with Crippen molar-refractivity contribution in [2.45, 2.75) is 26.3 Å². The van der Waals surface area contributed by atoms with Gasteiger partial charge in [-0.1, -0.05) is 19.0 Å². The van der Waals surface area contributed by atoms with Crippen LogP contribution >= 0.6 is 0 Å². The summed E-state index contributed by atoms with van der Waals surface area (Å²) in [5.41, 5.74) is 0. The third-order valence-corrected chi connectivity index (χ3v) is 2.04. The SMILES string of the molecule is CC(C)C(NCCc1ncno1)C(=O)O. The normalized spacial score (nSPS) is 13.0. The smallest absolute Gasteiger partial charge is 0.320 e. The van der Waals surface area contributed by atoms with E-state index in [0.29, 0.717) is 18.9 Å². The molecule has 6 heteroatoms. The number of carboxylic acid groups (broad SMARTS) is 1. The molecule has 0 aliphatic heterocycles. The first-order chi connectivity index (χ1) is 7.11. The third kappa shape index (κ3) is 3.67. The van der Waals surface area contributed by atoms with Gasteiger partial charge in [-0.3, -0.25) is 4.79 Å². The van der Waals surface area contributed by atoms with E-state index in [0.717, 1.165) is 0 Å². The average Bonchev–Trinajstić information content (AvgIpc) is 2.63. The lowest BCUT2D eigenvalue weighted by Gasteiger charge is -2.16. The molecule has 0 amide bonds. The minimum absolute atomic E-state index is 0.0465. The van der Waals surface area contributed by atoms with Crippen LogP contribution in [0, 0.1) is 5.92 Å². The minimum Gasteiger partial charge on any atom is -0.480 e. The van der Waals surface area contributed by atoms with Crippen LogP contribution in [0.15, 0.2) is 10.9 Å². The number of aromatic nitrogens is 2. The fourth-order valence-electron chi connectivity index (χ4n) is 1.25. The van der Waals surface area contributed by atoms with Crippen molar-refractivity contribution in [1.29, 1.82) is 0 Å².